The van der Waals surface area contributed by atoms with Crippen molar-refractivity contribution in [2.24, 2.45) is 11.8 Å². The van der Waals surface area contributed by atoms with Crippen LogP contribution in [0.15, 0.2) is 0 Å². The summed E-state index contributed by atoms with van der Waals surface area (Å²) in [4.78, 5) is 0. The lowest BCUT2D eigenvalue weighted by Gasteiger charge is -2.40. The molecule has 0 spiro atoms. The molecule has 0 amide bonds. The van der Waals surface area contributed by atoms with Crippen molar-refractivity contribution in [3.63, 3.8) is 0 Å². The van der Waals surface area contributed by atoms with Gasteiger partial charge < -0.3 is 10.1 Å². The van der Waals surface area contributed by atoms with E-state index in [2.05, 4.69) is 26.1 Å². The van der Waals surface area contributed by atoms with Gasteiger partial charge in [-0.05, 0) is 56.9 Å². The predicted molar refractivity (Wildman–Crippen MR) is 90.6 cm³/mol. The van der Waals surface area contributed by atoms with E-state index in [0.717, 1.165) is 18.4 Å². The molecule has 0 aromatic rings. The Hall–Kier alpha value is -0.0800. The van der Waals surface area contributed by atoms with Crippen molar-refractivity contribution in [3.05, 3.63) is 0 Å². The van der Waals surface area contributed by atoms with Crippen molar-refractivity contribution in [1.29, 1.82) is 0 Å². The summed E-state index contributed by atoms with van der Waals surface area (Å²) in [6.45, 7) is 8.08. The third-order valence-electron chi connectivity index (χ3n) is 5.81. The zero-order chi connectivity index (χ0) is 15.1. The second kappa shape index (κ2) is 9.15. The van der Waals surface area contributed by atoms with Crippen LogP contribution in [0.3, 0.4) is 0 Å². The van der Waals surface area contributed by atoms with E-state index in [9.17, 15) is 0 Å². The molecule has 2 aliphatic carbocycles. The van der Waals surface area contributed by atoms with Crippen molar-refractivity contribution >= 4 is 0 Å². The Balaban J connectivity index is 1.88. The second-order valence-corrected chi connectivity index (χ2v) is 7.39. The minimum Gasteiger partial charge on any atom is -0.373 e. The number of rotatable bonds is 7. The van der Waals surface area contributed by atoms with Crippen LogP contribution in [0.4, 0.5) is 0 Å². The minimum atomic E-state index is 0.468. The van der Waals surface area contributed by atoms with Gasteiger partial charge in [-0.2, -0.15) is 0 Å². The van der Waals surface area contributed by atoms with E-state index in [1.165, 1.54) is 64.2 Å². The van der Waals surface area contributed by atoms with Crippen LogP contribution in [0.1, 0.15) is 85.0 Å². The SMILES string of the molecule is CCCNC1CCC(CC)CC1OC1CCCC(CC)C1. The molecule has 5 atom stereocenters. The van der Waals surface area contributed by atoms with Crippen molar-refractivity contribution in [3.8, 4) is 0 Å². The third-order valence-corrected chi connectivity index (χ3v) is 5.81. The molecular weight excluding hydrogens is 258 g/mol. The van der Waals surface area contributed by atoms with Crippen LogP contribution in [0.25, 0.3) is 0 Å². The number of nitrogens with one attached hydrogen (secondary N) is 1. The van der Waals surface area contributed by atoms with Gasteiger partial charge in [-0.3, -0.25) is 0 Å². The highest BCUT2D eigenvalue weighted by Gasteiger charge is 2.33. The molecule has 0 bridgehead atoms. The Labute approximate surface area is 132 Å². The molecule has 2 fully saturated rings. The van der Waals surface area contributed by atoms with E-state index in [1.807, 2.05) is 0 Å². The van der Waals surface area contributed by atoms with Crippen molar-refractivity contribution in [1.82, 2.24) is 5.32 Å². The topological polar surface area (TPSA) is 21.3 Å². The fourth-order valence-electron chi connectivity index (χ4n) is 4.28. The largest absolute Gasteiger partial charge is 0.373 e. The maximum Gasteiger partial charge on any atom is 0.0734 e. The first-order valence-electron chi connectivity index (χ1n) is 9.65. The van der Waals surface area contributed by atoms with Crippen molar-refractivity contribution in [2.75, 3.05) is 6.54 Å². The summed E-state index contributed by atoms with van der Waals surface area (Å²) >= 11 is 0. The summed E-state index contributed by atoms with van der Waals surface area (Å²) < 4.78 is 6.64. The number of ether oxygens (including phenoxy) is 1. The maximum atomic E-state index is 6.64. The van der Waals surface area contributed by atoms with Gasteiger partial charge in [0.1, 0.15) is 0 Å². The van der Waals surface area contributed by atoms with Crippen LogP contribution in [-0.4, -0.2) is 24.8 Å². The Morgan fingerprint density at radius 1 is 0.905 bits per heavy atom. The second-order valence-electron chi connectivity index (χ2n) is 7.39. The standard InChI is InChI=1S/C19H37NO/c1-4-12-20-18-11-10-16(6-3)14-19(18)21-17-9-7-8-15(5-2)13-17/h15-20H,4-14H2,1-3H3. The molecule has 2 aliphatic rings. The Morgan fingerprint density at radius 3 is 2.38 bits per heavy atom. The highest BCUT2D eigenvalue weighted by Crippen LogP contribution is 2.34. The van der Waals surface area contributed by atoms with E-state index in [0.29, 0.717) is 18.2 Å². The summed E-state index contributed by atoms with van der Waals surface area (Å²) in [5.74, 6) is 1.80. The van der Waals surface area contributed by atoms with E-state index in [-0.39, 0.29) is 0 Å². The molecule has 0 heterocycles. The summed E-state index contributed by atoms with van der Waals surface area (Å²) in [6.07, 6.45) is 14.3. The Kier molecular flexibility index (Phi) is 7.53. The van der Waals surface area contributed by atoms with Gasteiger partial charge in [-0.1, -0.05) is 46.5 Å². The lowest BCUT2D eigenvalue weighted by Crippen LogP contribution is -2.47. The molecule has 2 rings (SSSR count). The van der Waals surface area contributed by atoms with Crippen LogP contribution < -0.4 is 5.32 Å². The molecule has 5 unspecified atom stereocenters. The van der Waals surface area contributed by atoms with Gasteiger partial charge in [0, 0.05) is 6.04 Å². The molecular formula is C19H37NO. The lowest BCUT2D eigenvalue weighted by atomic mass is 9.81. The highest BCUT2D eigenvalue weighted by atomic mass is 16.5. The van der Waals surface area contributed by atoms with Crippen LogP contribution in [0, 0.1) is 11.8 Å². The molecule has 2 heteroatoms. The monoisotopic (exact) mass is 295 g/mol. The highest BCUT2D eigenvalue weighted by molar-refractivity contribution is 4.87. The molecule has 1 N–H and O–H groups in total. The first kappa shape index (κ1) is 17.3. The first-order chi connectivity index (χ1) is 10.3. The van der Waals surface area contributed by atoms with Crippen LogP contribution in [-0.2, 0) is 4.74 Å². The molecule has 124 valence electrons. The Bertz CT molecular complexity index is 281. The van der Waals surface area contributed by atoms with Crippen LogP contribution >= 0.6 is 0 Å². The van der Waals surface area contributed by atoms with Gasteiger partial charge in [-0.25, -0.2) is 0 Å². The molecule has 0 aliphatic heterocycles. The third kappa shape index (κ3) is 5.25. The van der Waals surface area contributed by atoms with Crippen LogP contribution in [0.2, 0.25) is 0 Å². The van der Waals surface area contributed by atoms with Gasteiger partial charge in [-0.15, -0.1) is 0 Å². The zero-order valence-corrected chi connectivity index (χ0v) is 14.6. The average molecular weight is 296 g/mol. The summed E-state index contributed by atoms with van der Waals surface area (Å²) in [7, 11) is 0. The first-order valence-corrected chi connectivity index (χ1v) is 9.65. The van der Waals surface area contributed by atoms with Gasteiger partial charge in [0.15, 0.2) is 0 Å². The summed E-state index contributed by atoms with van der Waals surface area (Å²) in [5.41, 5.74) is 0. The van der Waals surface area contributed by atoms with E-state index in [4.69, 9.17) is 4.74 Å². The quantitative estimate of drug-likeness (QED) is 0.720. The fraction of sp³-hybridized carbons (Fsp3) is 1.00. The summed E-state index contributed by atoms with van der Waals surface area (Å²) in [5, 5.41) is 3.76. The van der Waals surface area contributed by atoms with E-state index >= 15 is 0 Å². The average Bonchev–Trinajstić information content (AvgIpc) is 2.53. The molecule has 0 aromatic heterocycles. The van der Waals surface area contributed by atoms with Crippen molar-refractivity contribution < 1.29 is 4.74 Å². The van der Waals surface area contributed by atoms with E-state index in [1.54, 1.807) is 0 Å². The van der Waals surface area contributed by atoms with E-state index < -0.39 is 0 Å². The predicted octanol–water partition coefficient (Wildman–Crippen LogP) is 4.92. The maximum absolute atomic E-state index is 6.64. The lowest BCUT2D eigenvalue weighted by molar-refractivity contribution is -0.0775. The van der Waals surface area contributed by atoms with Gasteiger partial charge in [0.05, 0.1) is 12.2 Å². The Morgan fingerprint density at radius 2 is 1.67 bits per heavy atom. The number of hydrogen-bond donors (Lipinski definition) is 1. The van der Waals surface area contributed by atoms with Crippen molar-refractivity contribution in [2.45, 2.75) is 103 Å². The fourth-order valence-corrected chi connectivity index (χ4v) is 4.28. The minimum absolute atomic E-state index is 0.468. The van der Waals surface area contributed by atoms with Crippen LogP contribution in [0.5, 0.6) is 0 Å². The molecule has 0 saturated heterocycles. The smallest absolute Gasteiger partial charge is 0.0734 e. The summed E-state index contributed by atoms with van der Waals surface area (Å²) in [6, 6.07) is 0.606. The molecule has 2 nitrogen and oxygen atoms in total. The number of hydrogen-bond acceptors (Lipinski definition) is 2. The van der Waals surface area contributed by atoms with Gasteiger partial charge >= 0.3 is 0 Å². The molecule has 0 aromatic carbocycles. The van der Waals surface area contributed by atoms with Gasteiger partial charge in [0.25, 0.3) is 0 Å². The molecule has 21 heavy (non-hydrogen) atoms. The normalized spacial score (nSPS) is 37.6. The molecule has 0 radical (unpaired) electrons. The zero-order valence-electron chi connectivity index (χ0n) is 14.6. The van der Waals surface area contributed by atoms with Gasteiger partial charge in [0.2, 0.25) is 0 Å². The molecule has 2 saturated carbocycles.